The number of nitrogens with one attached hydrogen (secondary N) is 1. The van der Waals surface area contributed by atoms with Gasteiger partial charge in [-0.25, -0.2) is 0 Å². The monoisotopic (exact) mass is 305 g/mol. The Hall–Kier alpha value is -1.88. The lowest BCUT2D eigenvalue weighted by molar-refractivity contribution is 0.102. The minimum absolute atomic E-state index is 0.258. The van der Waals surface area contributed by atoms with Crippen molar-refractivity contribution in [3.8, 4) is 0 Å². The van der Waals surface area contributed by atoms with Crippen molar-refractivity contribution in [3.05, 3.63) is 52.3 Å². The van der Waals surface area contributed by atoms with Crippen molar-refractivity contribution in [3.63, 3.8) is 0 Å². The van der Waals surface area contributed by atoms with Gasteiger partial charge in [-0.2, -0.15) is 0 Å². The van der Waals surface area contributed by atoms with Crippen molar-refractivity contribution in [1.82, 2.24) is 4.98 Å². The number of nitrogens with zero attached hydrogens (tertiary/aromatic N) is 1. The van der Waals surface area contributed by atoms with Crippen molar-refractivity contribution in [1.29, 1.82) is 0 Å². The molecule has 0 atom stereocenters. The van der Waals surface area contributed by atoms with Crippen LogP contribution in [0.25, 0.3) is 0 Å². The van der Waals surface area contributed by atoms with Gasteiger partial charge in [-0.05, 0) is 36.8 Å². The van der Waals surface area contributed by atoms with E-state index in [1.165, 1.54) is 6.20 Å². The number of nitrogen functional groups attached to an aromatic ring is 1. The molecule has 4 nitrogen and oxygen atoms in total. The van der Waals surface area contributed by atoms with Crippen LogP contribution in [-0.4, -0.2) is 10.9 Å². The number of carbonyl (C=O) groups is 1. The van der Waals surface area contributed by atoms with Gasteiger partial charge in [-0.1, -0.05) is 15.9 Å². The average Bonchev–Trinajstić information content (AvgIpc) is 2.33. The van der Waals surface area contributed by atoms with Gasteiger partial charge in [-0.15, -0.1) is 0 Å². The van der Waals surface area contributed by atoms with Gasteiger partial charge in [0.15, 0.2) is 0 Å². The van der Waals surface area contributed by atoms with Gasteiger partial charge in [0.1, 0.15) is 0 Å². The third kappa shape index (κ3) is 2.68. The zero-order chi connectivity index (χ0) is 13.1. The van der Waals surface area contributed by atoms with Crippen molar-refractivity contribution < 1.29 is 4.79 Å². The summed E-state index contributed by atoms with van der Waals surface area (Å²) in [5.74, 6) is -0.258. The largest absolute Gasteiger partial charge is 0.398 e. The first-order valence-electron chi connectivity index (χ1n) is 5.35. The van der Waals surface area contributed by atoms with Crippen LogP contribution < -0.4 is 11.1 Å². The highest BCUT2D eigenvalue weighted by molar-refractivity contribution is 9.10. The molecule has 1 amide bonds. The summed E-state index contributed by atoms with van der Waals surface area (Å²) >= 11 is 3.38. The fourth-order valence-corrected chi connectivity index (χ4v) is 2.03. The molecule has 3 N–H and O–H groups in total. The molecule has 0 saturated carbocycles. The van der Waals surface area contributed by atoms with E-state index in [-0.39, 0.29) is 5.91 Å². The first-order chi connectivity index (χ1) is 8.58. The van der Waals surface area contributed by atoms with Crippen molar-refractivity contribution in [2.24, 2.45) is 0 Å². The third-order valence-electron chi connectivity index (χ3n) is 2.54. The predicted molar refractivity (Wildman–Crippen MR) is 75.5 cm³/mol. The van der Waals surface area contributed by atoms with Crippen LogP contribution in [0.2, 0.25) is 0 Å². The van der Waals surface area contributed by atoms with Gasteiger partial charge >= 0.3 is 0 Å². The number of nitrogens with two attached hydrogens (primary N) is 1. The third-order valence-corrected chi connectivity index (χ3v) is 3.03. The molecule has 2 aromatic rings. The number of hydrogen-bond donors (Lipinski definition) is 2. The van der Waals surface area contributed by atoms with Crippen molar-refractivity contribution in [2.75, 3.05) is 11.1 Å². The molecule has 1 heterocycles. The van der Waals surface area contributed by atoms with Crippen LogP contribution >= 0.6 is 15.9 Å². The zero-order valence-corrected chi connectivity index (χ0v) is 11.4. The van der Waals surface area contributed by atoms with E-state index in [1.54, 1.807) is 12.3 Å². The van der Waals surface area contributed by atoms with E-state index >= 15 is 0 Å². The Kier molecular flexibility index (Phi) is 3.62. The summed E-state index contributed by atoms with van der Waals surface area (Å²) in [5, 5.41) is 2.81. The lowest BCUT2D eigenvalue weighted by atomic mass is 10.2. The van der Waals surface area contributed by atoms with E-state index in [0.29, 0.717) is 11.3 Å². The fourth-order valence-electron chi connectivity index (χ4n) is 1.55. The number of pyridine rings is 1. The van der Waals surface area contributed by atoms with Crippen LogP contribution in [0.1, 0.15) is 15.9 Å². The Labute approximate surface area is 113 Å². The average molecular weight is 306 g/mol. The molecular formula is C13H12BrN3O. The summed E-state index contributed by atoms with van der Waals surface area (Å²) in [6.45, 7) is 1.92. The number of rotatable bonds is 2. The second-order valence-corrected chi connectivity index (χ2v) is 4.79. The van der Waals surface area contributed by atoms with Crippen LogP contribution in [0.3, 0.4) is 0 Å². The van der Waals surface area contributed by atoms with Crippen molar-refractivity contribution in [2.45, 2.75) is 6.92 Å². The second-order valence-electron chi connectivity index (χ2n) is 3.88. The summed E-state index contributed by atoms with van der Waals surface area (Å²) in [4.78, 5) is 15.9. The molecule has 0 aliphatic heterocycles. The van der Waals surface area contributed by atoms with E-state index in [9.17, 15) is 4.79 Å². The van der Waals surface area contributed by atoms with E-state index in [2.05, 4.69) is 26.2 Å². The number of aromatic nitrogens is 1. The number of carbonyl (C=O) groups excluding carboxylic acids is 1. The Morgan fingerprint density at radius 2 is 2.17 bits per heavy atom. The Morgan fingerprint density at radius 3 is 2.83 bits per heavy atom. The van der Waals surface area contributed by atoms with Crippen LogP contribution in [0.5, 0.6) is 0 Å². The van der Waals surface area contributed by atoms with Gasteiger partial charge in [0, 0.05) is 28.2 Å². The van der Waals surface area contributed by atoms with E-state index in [0.717, 1.165) is 15.7 Å². The van der Waals surface area contributed by atoms with Gasteiger partial charge in [-0.3, -0.25) is 9.78 Å². The molecule has 92 valence electrons. The van der Waals surface area contributed by atoms with Gasteiger partial charge < -0.3 is 11.1 Å². The van der Waals surface area contributed by atoms with E-state index in [4.69, 9.17) is 5.73 Å². The molecular weight excluding hydrogens is 294 g/mol. The lowest BCUT2D eigenvalue weighted by Crippen LogP contribution is -2.15. The van der Waals surface area contributed by atoms with Crippen LogP contribution in [0, 0.1) is 6.92 Å². The van der Waals surface area contributed by atoms with E-state index in [1.807, 2.05) is 25.1 Å². The molecule has 0 aliphatic rings. The number of aryl methyl sites for hydroxylation is 1. The molecule has 0 fully saturated rings. The molecule has 0 bridgehead atoms. The van der Waals surface area contributed by atoms with Crippen LogP contribution in [-0.2, 0) is 0 Å². The number of benzene rings is 1. The predicted octanol–water partition coefficient (Wildman–Crippen LogP) is 2.99. The molecule has 0 saturated heterocycles. The second kappa shape index (κ2) is 5.18. The highest BCUT2D eigenvalue weighted by Gasteiger charge is 2.10. The SMILES string of the molecule is Cc1cc(Br)ccc1NC(=O)c1cnccc1N. The molecule has 0 spiro atoms. The number of anilines is 2. The summed E-state index contributed by atoms with van der Waals surface area (Å²) < 4.78 is 0.971. The summed E-state index contributed by atoms with van der Waals surface area (Å²) in [7, 11) is 0. The van der Waals surface area contributed by atoms with Gasteiger partial charge in [0.25, 0.3) is 5.91 Å². The summed E-state index contributed by atoms with van der Waals surface area (Å²) in [6, 6.07) is 7.24. The maximum Gasteiger partial charge on any atom is 0.259 e. The highest BCUT2D eigenvalue weighted by Crippen LogP contribution is 2.21. The fraction of sp³-hybridized carbons (Fsp3) is 0.0769. The number of amides is 1. The molecule has 1 aromatic heterocycles. The normalized spacial score (nSPS) is 10.1. The maximum atomic E-state index is 12.0. The van der Waals surface area contributed by atoms with Crippen molar-refractivity contribution >= 4 is 33.2 Å². The molecule has 0 unspecified atom stereocenters. The number of halogens is 1. The standard InChI is InChI=1S/C13H12BrN3O/c1-8-6-9(14)2-3-12(8)17-13(18)10-7-16-5-4-11(10)15/h2-7H,1H3,(H2,15,16)(H,17,18). The minimum atomic E-state index is -0.258. The maximum absolute atomic E-state index is 12.0. The molecule has 2 rings (SSSR count). The Morgan fingerprint density at radius 1 is 1.39 bits per heavy atom. The van der Waals surface area contributed by atoms with Crippen LogP contribution in [0.4, 0.5) is 11.4 Å². The smallest absolute Gasteiger partial charge is 0.259 e. The quantitative estimate of drug-likeness (QED) is 0.896. The lowest BCUT2D eigenvalue weighted by Gasteiger charge is -2.09. The Bertz CT molecular complexity index is 599. The summed E-state index contributed by atoms with van der Waals surface area (Å²) in [5.41, 5.74) is 8.25. The molecule has 18 heavy (non-hydrogen) atoms. The van der Waals surface area contributed by atoms with E-state index < -0.39 is 0 Å². The minimum Gasteiger partial charge on any atom is -0.398 e. The summed E-state index contributed by atoms with van der Waals surface area (Å²) in [6.07, 6.45) is 3.01. The molecule has 5 heteroatoms. The highest BCUT2D eigenvalue weighted by atomic mass is 79.9. The first kappa shape index (κ1) is 12.6. The molecule has 1 aromatic carbocycles. The Balaban J connectivity index is 2.24. The molecule has 0 radical (unpaired) electrons. The first-order valence-corrected chi connectivity index (χ1v) is 6.14. The number of hydrogen-bond acceptors (Lipinski definition) is 3. The zero-order valence-electron chi connectivity index (χ0n) is 9.77. The molecule has 0 aliphatic carbocycles. The topological polar surface area (TPSA) is 68.0 Å². The van der Waals surface area contributed by atoms with Gasteiger partial charge in [0.2, 0.25) is 0 Å². The van der Waals surface area contributed by atoms with Crippen LogP contribution in [0.15, 0.2) is 41.1 Å². The van der Waals surface area contributed by atoms with Gasteiger partial charge in [0.05, 0.1) is 5.56 Å².